The molecule has 29 heavy (non-hydrogen) atoms. The summed E-state index contributed by atoms with van der Waals surface area (Å²) in [6, 6.07) is 10.6. The van der Waals surface area contributed by atoms with E-state index in [1.165, 1.54) is 49.4 Å². The maximum Gasteiger partial charge on any atom is 0.268 e. The van der Waals surface area contributed by atoms with Gasteiger partial charge in [-0.15, -0.1) is 0 Å². The molecule has 2 aromatic rings. The highest BCUT2D eigenvalue weighted by Gasteiger charge is 2.51. The van der Waals surface area contributed by atoms with Crippen molar-refractivity contribution in [2.24, 2.45) is 23.7 Å². The van der Waals surface area contributed by atoms with Gasteiger partial charge >= 0.3 is 0 Å². The molecule has 4 heteroatoms. The molecule has 4 bridgehead atoms. The van der Waals surface area contributed by atoms with Gasteiger partial charge in [0, 0.05) is 36.2 Å². The van der Waals surface area contributed by atoms with E-state index in [4.69, 9.17) is 4.74 Å². The Labute approximate surface area is 173 Å². The molecular formula is C25H32N2O2. The summed E-state index contributed by atoms with van der Waals surface area (Å²) in [6.45, 7) is 2.61. The van der Waals surface area contributed by atoms with Crippen LogP contribution in [0.4, 0.5) is 0 Å². The Morgan fingerprint density at radius 1 is 1.03 bits per heavy atom. The minimum atomic E-state index is 0.0613. The van der Waals surface area contributed by atoms with Gasteiger partial charge in [-0.1, -0.05) is 18.2 Å². The molecule has 4 aliphatic carbocycles. The average molecular weight is 393 g/mol. The van der Waals surface area contributed by atoms with Crippen LogP contribution in [0.15, 0.2) is 30.3 Å². The van der Waals surface area contributed by atoms with Crippen molar-refractivity contribution >= 4 is 16.8 Å². The van der Waals surface area contributed by atoms with Crippen LogP contribution >= 0.6 is 0 Å². The average Bonchev–Trinajstić information content (AvgIpc) is 3.06. The highest BCUT2D eigenvalue weighted by atomic mass is 16.5. The summed E-state index contributed by atoms with van der Waals surface area (Å²) < 4.78 is 7.85. The van der Waals surface area contributed by atoms with E-state index in [1.54, 1.807) is 0 Å². The molecule has 5 aliphatic rings. The summed E-state index contributed by atoms with van der Waals surface area (Å²) in [7, 11) is 0. The third kappa shape index (κ3) is 3.20. The lowest BCUT2D eigenvalue weighted by Crippen LogP contribution is -2.60. The van der Waals surface area contributed by atoms with Gasteiger partial charge in [0.15, 0.2) is 0 Å². The summed E-state index contributed by atoms with van der Waals surface area (Å²) in [4.78, 5) is 13.6. The zero-order valence-corrected chi connectivity index (χ0v) is 17.2. The monoisotopic (exact) mass is 392 g/mol. The van der Waals surface area contributed by atoms with Crippen molar-refractivity contribution in [1.29, 1.82) is 0 Å². The van der Waals surface area contributed by atoms with E-state index in [-0.39, 0.29) is 11.4 Å². The Morgan fingerprint density at radius 3 is 2.38 bits per heavy atom. The van der Waals surface area contributed by atoms with E-state index in [2.05, 4.69) is 40.2 Å². The zero-order chi connectivity index (χ0) is 19.4. The molecule has 154 valence electrons. The molecule has 5 fully saturated rings. The van der Waals surface area contributed by atoms with Crippen LogP contribution < -0.4 is 5.32 Å². The van der Waals surface area contributed by atoms with Crippen LogP contribution in [0.2, 0.25) is 0 Å². The lowest BCUT2D eigenvalue weighted by molar-refractivity contribution is -0.0168. The summed E-state index contributed by atoms with van der Waals surface area (Å²) >= 11 is 0. The summed E-state index contributed by atoms with van der Waals surface area (Å²) in [6.07, 6.45) is 9.98. The number of ether oxygens (including phenoxy) is 1. The SMILES string of the molecule is O=C(NC12CC3CC(CC(C3)C1)C2)c1cc2ccccc2n1CC1CCOCC1. The smallest absolute Gasteiger partial charge is 0.268 e. The van der Waals surface area contributed by atoms with E-state index >= 15 is 0 Å². The van der Waals surface area contributed by atoms with E-state index in [9.17, 15) is 4.79 Å². The Morgan fingerprint density at radius 2 is 1.69 bits per heavy atom. The van der Waals surface area contributed by atoms with E-state index in [0.29, 0.717) is 5.92 Å². The highest BCUT2D eigenvalue weighted by Crippen LogP contribution is 2.55. The van der Waals surface area contributed by atoms with Crippen LogP contribution in [-0.2, 0) is 11.3 Å². The second kappa shape index (κ2) is 6.87. The molecular weight excluding hydrogens is 360 g/mol. The Hall–Kier alpha value is -1.81. The Balaban J connectivity index is 1.30. The van der Waals surface area contributed by atoms with Gasteiger partial charge < -0.3 is 14.6 Å². The highest BCUT2D eigenvalue weighted by molar-refractivity contribution is 5.99. The number of para-hydroxylation sites is 1. The summed E-state index contributed by atoms with van der Waals surface area (Å²) in [5.74, 6) is 3.26. The quantitative estimate of drug-likeness (QED) is 0.815. The van der Waals surface area contributed by atoms with Crippen molar-refractivity contribution in [3.8, 4) is 0 Å². The topological polar surface area (TPSA) is 43.3 Å². The van der Waals surface area contributed by atoms with Crippen molar-refractivity contribution in [3.63, 3.8) is 0 Å². The fourth-order valence-corrected chi connectivity index (χ4v) is 7.35. The van der Waals surface area contributed by atoms with Gasteiger partial charge in [-0.25, -0.2) is 0 Å². The molecule has 0 atom stereocenters. The van der Waals surface area contributed by atoms with Crippen LogP contribution in [0.1, 0.15) is 61.9 Å². The first kappa shape index (κ1) is 18.0. The second-order valence-corrected chi connectivity index (χ2v) is 10.4. The van der Waals surface area contributed by atoms with Gasteiger partial charge in [0.1, 0.15) is 5.69 Å². The molecule has 2 heterocycles. The maximum atomic E-state index is 13.6. The minimum absolute atomic E-state index is 0.0613. The van der Waals surface area contributed by atoms with Gasteiger partial charge in [-0.3, -0.25) is 4.79 Å². The standard InChI is InChI=1S/C25H32N2O2/c28-24(26-25-13-18-9-19(14-25)11-20(10-18)15-25)23-12-21-3-1-2-4-22(21)27(23)16-17-5-7-29-8-6-17/h1-4,12,17-20H,5-11,13-16H2,(H,26,28). The Bertz CT molecular complexity index is 889. The number of carbonyl (C=O) groups is 1. The van der Waals surface area contributed by atoms with Crippen molar-refractivity contribution in [2.75, 3.05) is 13.2 Å². The number of hydrogen-bond acceptors (Lipinski definition) is 2. The summed E-state index contributed by atoms with van der Waals surface area (Å²) in [5, 5.41) is 4.77. The Kier molecular flexibility index (Phi) is 4.26. The molecule has 0 unspecified atom stereocenters. The summed E-state index contributed by atoms with van der Waals surface area (Å²) in [5.41, 5.74) is 2.11. The van der Waals surface area contributed by atoms with E-state index in [1.807, 2.05) is 0 Å². The van der Waals surface area contributed by atoms with Crippen LogP contribution in [0.25, 0.3) is 10.9 Å². The number of aromatic nitrogens is 1. The van der Waals surface area contributed by atoms with Crippen LogP contribution in [0.3, 0.4) is 0 Å². The number of amides is 1. The van der Waals surface area contributed by atoms with Crippen LogP contribution in [0.5, 0.6) is 0 Å². The largest absolute Gasteiger partial charge is 0.381 e. The van der Waals surface area contributed by atoms with Gasteiger partial charge in [0.05, 0.1) is 0 Å². The molecule has 1 aromatic carbocycles. The number of rotatable bonds is 4. The molecule has 1 aliphatic heterocycles. The van der Waals surface area contributed by atoms with E-state index < -0.39 is 0 Å². The lowest BCUT2D eigenvalue weighted by Gasteiger charge is -2.56. The minimum Gasteiger partial charge on any atom is -0.381 e. The fourth-order valence-electron chi connectivity index (χ4n) is 7.35. The number of hydrogen-bond donors (Lipinski definition) is 1. The first-order valence-electron chi connectivity index (χ1n) is 11.7. The van der Waals surface area contributed by atoms with Crippen molar-refractivity contribution < 1.29 is 9.53 Å². The molecule has 1 saturated heterocycles. The first-order chi connectivity index (χ1) is 14.2. The van der Waals surface area contributed by atoms with Gasteiger partial charge in [-0.05, 0) is 87.2 Å². The molecule has 1 amide bonds. The maximum absolute atomic E-state index is 13.6. The molecule has 4 nitrogen and oxygen atoms in total. The fraction of sp³-hybridized carbons (Fsp3) is 0.640. The predicted octanol–water partition coefficient (Wildman–Crippen LogP) is 4.77. The number of nitrogens with one attached hydrogen (secondary N) is 1. The number of nitrogens with zero attached hydrogens (tertiary/aromatic N) is 1. The third-order valence-electron chi connectivity index (χ3n) is 8.24. The van der Waals surface area contributed by atoms with Crippen molar-refractivity contribution in [2.45, 2.75) is 63.5 Å². The van der Waals surface area contributed by atoms with E-state index in [0.717, 1.165) is 56.0 Å². The third-order valence-corrected chi connectivity index (χ3v) is 8.24. The second-order valence-electron chi connectivity index (χ2n) is 10.4. The first-order valence-corrected chi connectivity index (χ1v) is 11.7. The van der Waals surface area contributed by atoms with Crippen molar-refractivity contribution in [1.82, 2.24) is 9.88 Å². The van der Waals surface area contributed by atoms with Gasteiger partial charge in [0.2, 0.25) is 0 Å². The van der Waals surface area contributed by atoms with Gasteiger partial charge in [-0.2, -0.15) is 0 Å². The van der Waals surface area contributed by atoms with Crippen molar-refractivity contribution in [3.05, 3.63) is 36.0 Å². The number of benzene rings is 1. The molecule has 0 spiro atoms. The van der Waals surface area contributed by atoms with Crippen LogP contribution in [0, 0.1) is 23.7 Å². The lowest BCUT2D eigenvalue weighted by atomic mass is 9.53. The molecule has 0 radical (unpaired) electrons. The molecule has 4 saturated carbocycles. The van der Waals surface area contributed by atoms with Gasteiger partial charge in [0.25, 0.3) is 5.91 Å². The molecule has 1 aromatic heterocycles. The normalized spacial score (nSPS) is 34.0. The zero-order valence-electron chi connectivity index (χ0n) is 17.2. The number of fused-ring (bicyclic) bond motifs is 1. The predicted molar refractivity (Wildman–Crippen MR) is 114 cm³/mol. The number of carbonyl (C=O) groups excluding carboxylic acids is 1. The molecule has 1 N–H and O–H groups in total. The molecule has 7 rings (SSSR count). The van der Waals surface area contributed by atoms with Crippen LogP contribution in [-0.4, -0.2) is 29.2 Å².